The number of hydrogen-bond acceptors (Lipinski definition) is 3. The summed E-state index contributed by atoms with van der Waals surface area (Å²) in [6.07, 6.45) is 0.635. The smallest absolute Gasteiger partial charge is 0.155 e. The van der Waals surface area contributed by atoms with E-state index in [1.165, 1.54) is 0 Å². The number of aliphatic hydroxyl groups is 1. The van der Waals surface area contributed by atoms with Gasteiger partial charge in [0.15, 0.2) is 6.29 Å². The summed E-state index contributed by atoms with van der Waals surface area (Å²) in [5, 5.41) is 8.65. The first-order chi connectivity index (χ1) is 6.58. The normalized spacial score (nSPS) is 17.8. The Morgan fingerprint density at radius 2 is 2.14 bits per heavy atom. The van der Waals surface area contributed by atoms with Crippen LogP contribution >= 0.6 is 0 Å². The van der Waals surface area contributed by atoms with E-state index in [4.69, 9.17) is 14.6 Å². The number of rotatable bonds is 8. The molecule has 1 N–H and O–H groups in total. The quantitative estimate of drug-likeness (QED) is 0.619. The van der Waals surface area contributed by atoms with Crippen LogP contribution < -0.4 is 0 Å². The molecule has 0 aliphatic rings. The predicted molar refractivity (Wildman–Crippen MR) is 52.9 cm³/mol. The summed E-state index contributed by atoms with van der Waals surface area (Å²) in [4.78, 5) is 0. The van der Waals surface area contributed by atoms with E-state index in [9.17, 15) is 4.39 Å². The Hall–Kier alpha value is -0.190. The van der Waals surface area contributed by atoms with Crippen LogP contribution in [0.3, 0.4) is 0 Å². The standard InChI is InChI=1S/C10H21FO3/c1-4-13-9(2)14-10(3,8-11)6-5-7-12/h9,12H,4-8H2,1-3H3. The molecule has 4 heteroatoms. The van der Waals surface area contributed by atoms with Crippen molar-refractivity contribution < 1.29 is 19.0 Å². The molecule has 0 spiro atoms. The lowest BCUT2D eigenvalue weighted by Crippen LogP contribution is -2.36. The van der Waals surface area contributed by atoms with Crippen LogP contribution in [-0.2, 0) is 9.47 Å². The lowest BCUT2D eigenvalue weighted by atomic mass is 10.0. The fourth-order valence-corrected chi connectivity index (χ4v) is 1.28. The molecular weight excluding hydrogens is 187 g/mol. The van der Waals surface area contributed by atoms with Crippen LogP contribution in [0.2, 0.25) is 0 Å². The van der Waals surface area contributed by atoms with Crippen molar-refractivity contribution in [1.29, 1.82) is 0 Å². The molecule has 0 aliphatic heterocycles. The van der Waals surface area contributed by atoms with Crippen molar-refractivity contribution >= 4 is 0 Å². The summed E-state index contributed by atoms with van der Waals surface area (Å²) in [7, 11) is 0. The lowest BCUT2D eigenvalue weighted by Gasteiger charge is -2.29. The predicted octanol–water partition coefficient (Wildman–Crippen LogP) is 1.89. The van der Waals surface area contributed by atoms with Gasteiger partial charge in [-0.3, -0.25) is 0 Å². The largest absolute Gasteiger partial charge is 0.396 e. The SMILES string of the molecule is CCOC(C)OC(C)(CF)CCCO. The molecule has 0 aliphatic carbocycles. The second-order valence-corrected chi connectivity index (χ2v) is 3.55. The number of hydrogen-bond donors (Lipinski definition) is 1. The van der Waals surface area contributed by atoms with Gasteiger partial charge in [-0.2, -0.15) is 0 Å². The topological polar surface area (TPSA) is 38.7 Å². The molecule has 0 heterocycles. The third-order valence-corrected chi connectivity index (χ3v) is 2.00. The van der Waals surface area contributed by atoms with Crippen molar-refractivity contribution in [3.05, 3.63) is 0 Å². The van der Waals surface area contributed by atoms with Crippen molar-refractivity contribution in [3.8, 4) is 0 Å². The van der Waals surface area contributed by atoms with E-state index in [1.807, 2.05) is 6.92 Å². The van der Waals surface area contributed by atoms with Gasteiger partial charge in [0.2, 0.25) is 0 Å². The highest BCUT2D eigenvalue weighted by Gasteiger charge is 2.27. The minimum Gasteiger partial charge on any atom is -0.396 e. The molecule has 2 atom stereocenters. The lowest BCUT2D eigenvalue weighted by molar-refractivity contribution is -0.202. The second-order valence-electron chi connectivity index (χ2n) is 3.55. The number of alkyl halides is 1. The van der Waals surface area contributed by atoms with Crippen molar-refractivity contribution in [1.82, 2.24) is 0 Å². The molecule has 3 nitrogen and oxygen atoms in total. The maximum atomic E-state index is 12.7. The maximum absolute atomic E-state index is 12.7. The third kappa shape index (κ3) is 5.52. The van der Waals surface area contributed by atoms with Crippen LogP contribution in [0.15, 0.2) is 0 Å². The minimum atomic E-state index is -0.836. The molecular formula is C10H21FO3. The molecule has 0 saturated carbocycles. The first kappa shape index (κ1) is 13.8. The highest BCUT2D eigenvalue weighted by molar-refractivity contribution is 4.74. The number of halogens is 1. The third-order valence-electron chi connectivity index (χ3n) is 2.00. The molecule has 0 radical (unpaired) electrons. The van der Waals surface area contributed by atoms with E-state index in [2.05, 4.69) is 0 Å². The highest BCUT2D eigenvalue weighted by Crippen LogP contribution is 2.20. The Morgan fingerprint density at radius 1 is 1.50 bits per heavy atom. The van der Waals surface area contributed by atoms with Crippen LogP contribution in [0.25, 0.3) is 0 Å². The van der Waals surface area contributed by atoms with Gasteiger partial charge in [-0.05, 0) is 33.6 Å². The number of aliphatic hydroxyl groups excluding tert-OH is 1. The van der Waals surface area contributed by atoms with Gasteiger partial charge in [0.05, 0.1) is 5.60 Å². The fourth-order valence-electron chi connectivity index (χ4n) is 1.28. The molecule has 0 aromatic heterocycles. The minimum absolute atomic E-state index is 0.0575. The van der Waals surface area contributed by atoms with Crippen LogP contribution in [0.4, 0.5) is 4.39 Å². The van der Waals surface area contributed by atoms with E-state index >= 15 is 0 Å². The number of ether oxygens (including phenoxy) is 2. The molecule has 0 aromatic rings. The van der Waals surface area contributed by atoms with Crippen molar-refractivity contribution in [2.75, 3.05) is 19.9 Å². The van der Waals surface area contributed by atoms with Gasteiger partial charge in [0.1, 0.15) is 6.67 Å². The van der Waals surface area contributed by atoms with Gasteiger partial charge >= 0.3 is 0 Å². The summed E-state index contributed by atoms with van der Waals surface area (Å²) in [5.41, 5.74) is -0.836. The maximum Gasteiger partial charge on any atom is 0.155 e. The molecule has 86 valence electrons. The zero-order valence-electron chi connectivity index (χ0n) is 9.25. The first-order valence-corrected chi connectivity index (χ1v) is 5.04. The summed E-state index contributed by atoms with van der Waals surface area (Å²) in [5.74, 6) is 0. The summed E-state index contributed by atoms with van der Waals surface area (Å²) >= 11 is 0. The summed E-state index contributed by atoms with van der Waals surface area (Å²) in [6.45, 7) is 5.34. The van der Waals surface area contributed by atoms with E-state index in [-0.39, 0.29) is 6.61 Å². The van der Waals surface area contributed by atoms with Gasteiger partial charge in [-0.1, -0.05) is 0 Å². The van der Waals surface area contributed by atoms with Crippen LogP contribution in [-0.4, -0.2) is 36.9 Å². The zero-order chi connectivity index (χ0) is 11.0. The molecule has 2 unspecified atom stereocenters. The van der Waals surface area contributed by atoms with Crippen molar-refractivity contribution in [3.63, 3.8) is 0 Å². The molecule has 14 heavy (non-hydrogen) atoms. The molecule has 0 fully saturated rings. The van der Waals surface area contributed by atoms with E-state index in [0.717, 1.165) is 0 Å². The van der Waals surface area contributed by atoms with Gasteiger partial charge < -0.3 is 14.6 Å². The average molecular weight is 208 g/mol. The Morgan fingerprint density at radius 3 is 2.57 bits per heavy atom. The van der Waals surface area contributed by atoms with E-state index in [0.29, 0.717) is 19.4 Å². The first-order valence-electron chi connectivity index (χ1n) is 5.04. The van der Waals surface area contributed by atoms with E-state index < -0.39 is 18.6 Å². The fraction of sp³-hybridized carbons (Fsp3) is 1.00. The second kappa shape index (κ2) is 7.15. The molecule has 0 saturated heterocycles. The van der Waals surface area contributed by atoms with Gasteiger partial charge in [-0.15, -0.1) is 0 Å². The van der Waals surface area contributed by atoms with Crippen LogP contribution in [0.1, 0.15) is 33.6 Å². The Labute approximate surface area is 85.2 Å². The van der Waals surface area contributed by atoms with Crippen molar-refractivity contribution in [2.24, 2.45) is 0 Å². The Balaban J connectivity index is 3.96. The monoisotopic (exact) mass is 208 g/mol. The van der Waals surface area contributed by atoms with E-state index in [1.54, 1.807) is 13.8 Å². The van der Waals surface area contributed by atoms with Gasteiger partial charge in [-0.25, -0.2) is 4.39 Å². The Kier molecular flexibility index (Phi) is 7.05. The Bertz CT molecular complexity index is 143. The molecule has 0 amide bonds. The summed E-state index contributed by atoms with van der Waals surface area (Å²) in [6, 6.07) is 0. The van der Waals surface area contributed by atoms with Crippen LogP contribution in [0.5, 0.6) is 0 Å². The van der Waals surface area contributed by atoms with Gasteiger partial charge in [0.25, 0.3) is 0 Å². The average Bonchev–Trinajstić information content (AvgIpc) is 2.15. The van der Waals surface area contributed by atoms with Crippen molar-refractivity contribution in [2.45, 2.75) is 45.5 Å². The highest BCUT2D eigenvalue weighted by atomic mass is 19.1. The zero-order valence-corrected chi connectivity index (χ0v) is 9.25. The molecule has 0 bridgehead atoms. The molecule has 0 aromatic carbocycles. The molecule has 0 rings (SSSR count). The van der Waals surface area contributed by atoms with Crippen LogP contribution in [0, 0.1) is 0 Å². The summed E-state index contributed by atoms with van der Waals surface area (Å²) < 4.78 is 23.3. The van der Waals surface area contributed by atoms with Gasteiger partial charge in [0, 0.05) is 13.2 Å².